The average Bonchev–Trinajstić information content (AvgIpc) is 3.14. The highest BCUT2D eigenvalue weighted by Crippen LogP contribution is 2.26. The Bertz CT molecular complexity index is 678. The zero-order valence-corrected chi connectivity index (χ0v) is 13.4. The smallest absolute Gasteiger partial charge is 0.181 e. The van der Waals surface area contributed by atoms with E-state index in [1.54, 1.807) is 0 Å². The molecule has 0 amide bonds. The Balaban J connectivity index is 1.64. The van der Waals surface area contributed by atoms with Crippen molar-refractivity contribution in [2.75, 3.05) is 26.4 Å². The predicted octanol–water partition coefficient (Wildman–Crippen LogP) is 2.56. The number of nitrogens with two attached hydrogens (primary N) is 1. The lowest BCUT2D eigenvalue weighted by Gasteiger charge is -2.19. The number of benzene rings is 1. The molecular weight excluding hydrogens is 311 g/mol. The van der Waals surface area contributed by atoms with Gasteiger partial charge in [0.1, 0.15) is 18.2 Å². The maximum Gasteiger partial charge on any atom is 0.181 e. The molecule has 24 heavy (non-hydrogen) atoms. The molecule has 1 aliphatic rings. The molecule has 0 atom stereocenters. The van der Waals surface area contributed by atoms with Crippen molar-refractivity contribution >= 4 is 0 Å². The summed E-state index contributed by atoms with van der Waals surface area (Å²) in [7, 11) is 0. The van der Waals surface area contributed by atoms with Crippen LogP contribution in [0.5, 0.6) is 5.75 Å². The highest BCUT2D eigenvalue weighted by Gasteiger charge is 2.19. The minimum Gasteiger partial charge on any atom is -0.489 e. The van der Waals surface area contributed by atoms with Gasteiger partial charge in [0.05, 0.1) is 6.33 Å². The molecular formula is C17H21FN4O2. The minimum absolute atomic E-state index is 0.140. The van der Waals surface area contributed by atoms with Gasteiger partial charge in [-0.15, -0.1) is 0 Å². The minimum atomic E-state index is 0.140. The lowest BCUT2D eigenvalue weighted by Crippen LogP contribution is -2.15. The quantitative estimate of drug-likeness (QED) is 0.849. The van der Waals surface area contributed by atoms with Crippen molar-refractivity contribution in [2.24, 2.45) is 5.73 Å². The third-order valence-corrected chi connectivity index (χ3v) is 4.06. The van der Waals surface area contributed by atoms with E-state index >= 15 is 0 Å². The van der Waals surface area contributed by atoms with Gasteiger partial charge in [-0.05, 0) is 37.1 Å². The zero-order chi connectivity index (χ0) is 16.8. The normalized spacial score (nSPS) is 16.3. The van der Waals surface area contributed by atoms with Crippen molar-refractivity contribution in [1.82, 2.24) is 15.2 Å². The standard InChI is InChI=1S/C17H21FN4O2/c18-9-12(10-19)11-24-15-3-1-13(2-4-15)16-20-17(22-21-16)14-5-7-23-8-6-14/h1-4,9,14H,5-8,10-11,19H2,(H,20,21,22)/b12-9-. The second-order valence-electron chi connectivity index (χ2n) is 5.72. The van der Waals surface area contributed by atoms with Gasteiger partial charge in [0, 0.05) is 36.8 Å². The third-order valence-electron chi connectivity index (χ3n) is 4.06. The Morgan fingerprint density at radius 2 is 2.08 bits per heavy atom. The van der Waals surface area contributed by atoms with Gasteiger partial charge >= 0.3 is 0 Å². The number of hydrogen-bond donors (Lipinski definition) is 2. The first-order valence-corrected chi connectivity index (χ1v) is 8.01. The van der Waals surface area contributed by atoms with Gasteiger partial charge in [0.15, 0.2) is 5.82 Å². The Labute approximate surface area is 139 Å². The SMILES string of the molecule is NC/C(=C/F)COc1ccc(-c2n[nH]c(C3CCOCC3)n2)cc1. The summed E-state index contributed by atoms with van der Waals surface area (Å²) >= 11 is 0. The van der Waals surface area contributed by atoms with E-state index in [0.717, 1.165) is 37.4 Å². The molecule has 0 bridgehead atoms. The lowest BCUT2D eigenvalue weighted by molar-refractivity contribution is 0.0836. The highest BCUT2D eigenvalue weighted by atomic mass is 19.1. The first-order chi connectivity index (χ1) is 11.8. The summed E-state index contributed by atoms with van der Waals surface area (Å²) in [6.07, 6.45) is 2.42. The van der Waals surface area contributed by atoms with Crippen LogP contribution in [0.4, 0.5) is 4.39 Å². The van der Waals surface area contributed by atoms with Crippen molar-refractivity contribution in [3.8, 4) is 17.1 Å². The van der Waals surface area contributed by atoms with Crippen LogP contribution in [0.1, 0.15) is 24.6 Å². The number of rotatable bonds is 6. The molecule has 2 heterocycles. The molecule has 1 fully saturated rings. The molecule has 0 unspecified atom stereocenters. The first kappa shape index (κ1) is 16.6. The Kier molecular flexibility index (Phi) is 5.55. The topological polar surface area (TPSA) is 86.0 Å². The molecule has 1 aliphatic heterocycles. The van der Waals surface area contributed by atoms with Gasteiger partial charge in [-0.25, -0.2) is 9.37 Å². The molecule has 7 heteroatoms. The number of aromatic nitrogens is 3. The molecule has 0 spiro atoms. The molecule has 3 rings (SSSR count). The Morgan fingerprint density at radius 1 is 1.33 bits per heavy atom. The molecule has 1 aromatic heterocycles. The fourth-order valence-corrected chi connectivity index (χ4v) is 2.57. The van der Waals surface area contributed by atoms with E-state index in [9.17, 15) is 4.39 Å². The summed E-state index contributed by atoms with van der Waals surface area (Å²) in [5.41, 5.74) is 6.71. The van der Waals surface area contributed by atoms with Gasteiger partial charge in [-0.2, -0.15) is 5.10 Å². The largest absolute Gasteiger partial charge is 0.489 e. The average molecular weight is 332 g/mol. The maximum atomic E-state index is 12.5. The second kappa shape index (κ2) is 8.03. The summed E-state index contributed by atoms with van der Waals surface area (Å²) in [6, 6.07) is 7.39. The first-order valence-electron chi connectivity index (χ1n) is 8.01. The number of ether oxygens (including phenoxy) is 2. The van der Waals surface area contributed by atoms with Crippen LogP contribution in [0.25, 0.3) is 11.4 Å². The van der Waals surface area contributed by atoms with Crippen molar-refractivity contribution in [3.05, 3.63) is 42.0 Å². The van der Waals surface area contributed by atoms with Crippen molar-refractivity contribution in [1.29, 1.82) is 0 Å². The second-order valence-corrected chi connectivity index (χ2v) is 5.72. The zero-order valence-electron chi connectivity index (χ0n) is 13.4. The molecule has 0 radical (unpaired) electrons. The highest BCUT2D eigenvalue weighted by molar-refractivity contribution is 5.55. The number of halogens is 1. The van der Waals surface area contributed by atoms with Gasteiger partial charge in [-0.3, -0.25) is 5.10 Å². The lowest BCUT2D eigenvalue weighted by atomic mass is 10.00. The van der Waals surface area contributed by atoms with Crippen molar-refractivity contribution in [3.63, 3.8) is 0 Å². The van der Waals surface area contributed by atoms with Crippen LogP contribution < -0.4 is 10.5 Å². The van der Waals surface area contributed by atoms with Crippen LogP contribution in [0.15, 0.2) is 36.2 Å². The molecule has 128 valence electrons. The third kappa shape index (κ3) is 3.98. The Morgan fingerprint density at radius 3 is 2.75 bits per heavy atom. The summed E-state index contributed by atoms with van der Waals surface area (Å²) in [5.74, 6) is 2.60. The summed E-state index contributed by atoms with van der Waals surface area (Å²) in [6.45, 7) is 1.82. The number of aromatic amines is 1. The molecule has 0 aliphatic carbocycles. The molecule has 3 N–H and O–H groups in total. The fraction of sp³-hybridized carbons (Fsp3) is 0.412. The van der Waals surface area contributed by atoms with Crippen LogP contribution in [0.2, 0.25) is 0 Å². The van der Waals surface area contributed by atoms with Crippen LogP contribution in [0, 0.1) is 0 Å². The predicted molar refractivity (Wildman–Crippen MR) is 88.4 cm³/mol. The number of H-pyrrole nitrogens is 1. The molecule has 1 saturated heterocycles. The number of nitrogens with zero attached hydrogens (tertiary/aromatic N) is 2. The Hall–Kier alpha value is -2.25. The van der Waals surface area contributed by atoms with E-state index in [4.69, 9.17) is 15.2 Å². The molecule has 1 aromatic carbocycles. The van der Waals surface area contributed by atoms with Gasteiger partial charge in [-0.1, -0.05) is 0 Å². The summed E-state index contributed by atoms with van der Waals surface area (Å²) in [5, 5.41) is 7.33. The number of nitrogens with one attached hydrogen (secondary N) is 1. The van der Waals surface area contributed by atoms with Crippen LogP contribution in [-0.4, -0.2) is 41.5 Å². The van der Waals surface area contributed by atoms with Crippen molar-refractivity contribution in [2.45, 2.75) is 18.8 Å². The van der Waals surface area contributed by atoms with Crippen LogP contribution >= 0.6 is 0 Å². The number of hydrogen-bond acceptors (Lipinski definition) is 5. The maximum absolute atomic E-state index is 12.5. The van der Waals surface area contributed by atoms with Crippen molar-refractivity contribution < 1.29 is 13.9 Å². The summed E-state index contributed by atoms with van der Waals surface area (Å²) in [4.78, 5) is 4.60. The van der Waals surface area contributed by atoms with E-state index in [0.29, 0.717) is 29.4 Å². The van der Waals surface area contributed by atoms with Gasteiger partial charge in [0.2, 0.25) is 0 Å². The van der Waals surface area contributed by atoms with Crippen LogP contribution in [0.3, 0.4) is 0 Å². The van der Waals surface area contributed by atoms with E-state index < -0.39 is 0 Å². The molecule has 6 nitrogen and oxygen atoms in total. The van der Waals surface area contributed by atoms with E-state index in [-0.39, 0.29) is 13.2 Å². The van der Waals surface area contributed by atoms with E-state index in [1.165, 1.54) is 0 Å². The fourth-order valence-electron chi connectivity index (χ4n) is 2.57. The summed E-state index contributed by atoms with van der Waals surface area (Å²) < 4.78 is 23.3. The van der Waals surface area contributed by atoms with Crippen LogP contribution in [-0.2, 0) is 4.74 Å². The van der Waals surface area contributed by atoms with E-state index in [1.807, 2.05) is 24.3 Å². The van der Waals surface area contributed by atoms with Gasteiger partial charge in [0.25, 0.3) is 0 Å². The molecule has 2 aromatic rings. The monoisotopic (exact) mass is 332 g/mol. The molecule has 0 saturated carbocycles. The van der Waals surface area contributed by atoms with Gasteiger partial charge < -0.3 is 15.2 Å². The van der Waals surface area contributed by atoms with E-state index in [2.05, 4.69) is 15.2 Å².